The number of sulfonamides is 1. The van der Waals surface area contributed by atoms with Crippen molar-refractivity contribution in [1.29, 1.82) is 0 Å². The van der Waals surface area contributed by atoms with Crippen LogP contribution in [0.4, 0.5) is 0 Å². The van der Waals surface area contributed by atoms with E-state index in [1.54, 1.807) is 12.3 Å². The first-order chi connectivity index (χ1) is 10.9. The Morgan fingerprint density at radius 1 is 1.39 bits per heavy atom. The van der Waals surface area contributed by atoms with E-state index in [0.29, 0.717) is 24.6 Å². The lowest BCUT2D eigenvalue weighted by Crippen LogP contribution is -2.38. The summed E-state index contributed by atoms with van der Waals surface area (Å²) in [7, 11) is -2.44. The Bertz CT molecular complexity index is 713. The Balaban J connectivity index is 1.94. The van der Waals surface area contributed by atoms with Crippen LogP contribution in [-0.4, -0.2) is 44.9 Å². The van der Waals surface area contributed by atoms with Crippen LogP contribution in [0.5, 0.6) is 0 Å². The van der Waals surface area contributed by atoms with Crippen molar-refractivity contribution >= 4 is 27.3 Å². The summed E-state index contributed by atoms with van der Waals surface area (Å²) in [6.45, 7) is 2.66. The normalized spacial score (nSPS) is 28.6. The van der Waals surface area contributed by atoms with Crippen molar-refractivity contribution in [1.82, 2.24) is 4.31 Å². The van der Waals surface area contributed by atoms with Crippen molar-refractivity contribution < 1.29 is 17.9 Å². The number of esters is 1. The molecule has 0 amide bonds. The third-order valence-corrected chi connectivity index (χ3v) is 8.23. The Morgan fingerprint density at radius 3 is 2.78 bits per heavy atom. The van der Waals surface area contributed by atoms with Gasteiger partial charge in [-0.1, -0.05) is 6.42 Å². The van der Waals surface area contributed by atoms with E-state index in [4.69, 9.17) is 10.5 Å². The van der Waals surface area contributed by atoms with Crippen LogP contribution >= 0.6 is 11.3 Å². The summed E-state index contributed by atoms with van der Waals surface area (Å²) < 4.78 is 32.4. The van der Waals surface area contributed by atoms with Gasteiger partial charge in [-0.15, -0.1) is 11.3 Å². The number of nitrogens with two attached hydrogens (primary N) is 1. The molecule has 1 aromatic rings. The van der Waals surface area contributed by atoms with Crippen molar-refractivity contribution in [3.8, 4) is 0 Å². The Labute approximate surface area is 140 Å². The molecule has 2 N–H and O–H groups in total. The lowest BCUT2D eigenvalue weighted by atomic mass is 9.78. The van der Waals surface area contributed by atoms with E-state index in [1.165, 1.54) is 11.4 Å². The molecule has 1 aliphatic heterocycles. The minimum atomic E-state index is -3.71. The van der Waals surface area contributed by atoms with E-state index < -0.39 is 16.0 Å². The molecule has 2 heterocycles. The molecule has 2 fully saturated rings. The average Bonchev–Trinajstić information content (AvgIpc) is 3.11. The summed E-state index contributed by atoms with van der Waals surface area (Å²) in [5.74, 6) is -0.0527. The van der Waals surface area contributed by atoms with Crippen LogP contribution in [0.25, 0.3) is 0 Å². The number of fused-ring (bicyclic) bond motifs is 1. The zero-order valence-electron chi connectivity index (χ0n) is 13.3. The van der Waals surface area contributed by atoms with Gasteiger partial charge in [0.15, 0.2) is 0 Å². The number of carbonyl (C=O) groups is 1. The van der Waals surface area contributed by atoms with Gasteiger partial charge in [-0.3, -0.25) is 0 Å². The van der Waals surface area contributed by atoms with E-state index in [0.717, 1.165) is 30.6 Å². The molecule has 3 atom stereocenters. The highest BCUT2D eigenvalue weighted by atomic mass is 32.2. The van der Waals surface area contributed by atoms with E-state index in [-0.39, 0.29) is 21.7 Å². The van der Waals surface area contributed by atoms with E-state index in [9.17, 15) is 13.2 Å². The quantitative estimate of drug-likeness (QED) is 0.829. The van der Waals surface area contributed by atoms with Crippen LogP contribution in [0.2, 0.25) is 0 Å². The van der Waals surface area contributed by atoms with Crippen LogP contribution in [0.1, 0.15) is 34.5 Å². The topological polar surface area (TPSA) is 89.7 Å². The zero-order chi connectivity index (χ0) is 16.8. The van der Waals surface area contributed by atoms with Gasteiger partial charge >= 0.3 is 5.97 Å². The maximum atomic E-state index is 13.1. The zero-order valence-corrected chi connectivity index (χ0v) is 15.0. The number of thiophene rings is 1. The minimum absolute atomic E-state index is 0.0672. The fourth-order valence-corrected chi connectivity index (χ4v) is 6.98. The summed E-state index contributed by atoms with van der Waals surface area (Å²) in [5.41, 5.74) is 6.77. The minimum Gasteiger partial charge on any atom is -0.465 e. The third-order valence-electron chi connectivity index (χ3n) is 5.01. The number of hydrogen-bond donors (Lipinski definition) is 1. The van der Waals surface area contributed by atoms with Crippen molar-refractivity contribution in [3.05, 3.63) is 15.8 Å². The maximum Gasteiger partial charge on any atom is 0.349 e. The average molecular weight is 358 g/mol. The summed E-state index contributed by atoms with van der Waals surface area (Å²) in [6, 6.07) is 0.0672. The SMILES string of the molecule is COC(=O)c1scc(C)c1S(=O)(=O)N1CC2CCCC(N)C2C1. The van der Waals surface area contributed by atoms with Gasteiger partial charge in [-0.25, -0.2) is 13.2 Å². The predicted molar refractivity (Wildman–Crippen MR) is 88.0 cm³/mol. The molecule has 3 rings (SSSR count). The van der Waals surface area contributed by atoms with Gasteiger partial charge in [-0.2, -0.15) is 4.31 Å². The first-order valence-corrected chi connectivity index (χ1v) is 10.1. The smallest absolute Gasteiger partial charge is 0.349 e. The molecule has 0 radical (unpaired) electrons. The lowest BCUT2D eigenvalue weighted by Gasteiger charge is -2.29. The maximum absolute atomic E-state index is 13.1. The lowest BCUT2D eigenvalue weighted by molar-refractivity contribution is 0.0602. The molecule has 1 aliphatic carbocycles. The van der Waals surface area contributed by atoms with Crippen LogP contribution in [0.15, 0.2) is 10.3 Å². The molecule has 128 valence electrons. The molecule has 1 saturated heterocycles. The summed E-state index contributed by atoms with van der Waals surface area (Å²) in [6.07, 6.45) is 3.04. The Kier molecular flexibility index (Phi) is 4.52. The van der Waals surface area contributed by atoms with Crippen LogP contribution < -0.4 is 5.73 Å². The second kappa shape index (κ2) is 6.16. The van der Waals surface area contributed by atoms with E-state index in [2.05, 4.69) is 0 Å². The predicted octanol–water partition coefficient (Wildman–Crippen LogP) is 1.59. The number of ether oxygens (including phenoxy) is 1. The van der Waals surface area contributed by atoms with Gasteiger partial charge in [0.1, 0.15) is 9.77 Å². The van der Waals surface area contributed by atoms with Crippen molar-refractivity contribution in [2.24, 2.45) is 17.6 Å². The highest BCUT2D eigenvalue weighted by Crippen LogP contribution is 2.39. The molecular weight excluding hydrogens is 336 g/mol. The monoisotopic (exact) mass is 358 g/mol. The second-order valence-corrected chi connectivity index (χ2v) is 9.16. The number of methoxy groups -OCH3 is 1. The van der Waals surface area contributed by atoms with Crippen molar-refractivity contribution in [2.75, 3.05) is 20.2 Å². The number of carbonyl (C=O) groups excluding carboxylic acids is 1. The van der Waals surface area contributed by atoms with Crippen molar-refractivity contribution in [2.45, 2.75) is 37.1 Å². The molecule has 2 aliphatic rings. The molecule has 0 aromatic carbocycles. The molecule has 8 heteroatoms. The van der Waals surface area contributed by atoms with Gasteiger partial charge in [0.2, 0.25) is 10.0 Å². The summed E-state index contributed by atoms with van der Waals surface area (Å²) in [4.78, 5) is 12.2. The van der Waals surface area contributed by atoms with E-state index >= 15 is 0 Å². The van der Waals surface area contributed by atoms with E-state index in [1.807, 2.05) is 0 Å². The van der Waals surface area contributed by atoms with Crippen molar-refractivity contribution in [3.63, 3.8) is 0 Å². The number of rotatable bonds is 3. The summed E-state index contributed by atoms with van der Waals surface area (Å²) >= 11 is 1.12. The number of hydrogen-bond acceptors (Lipinski definition) is 6. The first-order valence-electron chi connectivity index (χ1n) is 7.78. The van der Waals surface area contributed by atoms with Crippen LogP contribution in [0, 0.1) is 18.8 Å². The molecular formula is C15H22N2O4S2. The van der Waals surface area contributed by atoms with Gasteiger partial charge in [0.05, 0.1) is 7.11 Å². The molecule has 0 bridgehead atoms. The fourth-order valence-electron chi connectivity index (χ4n) is 3.79. The van der Waals surface area contributed by atoms with Crippen LogP contribution in [0.3, 0.4) is 0 Å². The third kappa shape index (κ3) is 2.82. The standard InChI is InChI=1S/C15H22N2O4S2/c1-9-8-22-13(15(18)21-2)14(9)23(19,20)17-6-10-4-3-5-12(16)11(10)7-17/h8,10-12H,3-7,16H2,1-2H3. The van der Waals surface area contributed by atoms with Gasteiger partial charge < -0.3 is 10.5 Å². The molecule has 1 saturated carbocycles. The fraction of sp³-hybridized carbons (Fsp3) is 0.667. The Morgan fingerprint density at radius 2 is 2.13 bits per heavy atom. The number of aryl methyl sites for hydroxylation is 1. The molecule has 23 heavy (non-hydrogen) atoms. The van der Waals surface area contributed by atoms with Crippen LogP contribution in [-0.2, 0) is 14.8 Å². The number of nitrogens with zero attached hydrogens (tertiary/aromatic N) is 1. The van der Waals surface area contributed by atoms with Gasteiger partial charge in [0, 0.05) is 19.1 Å². The highest BCUT2D eigenvalue weighted by Gasteiger charge is 2.44. The largest absolute Gasteiger partial charge is 0.465 e. The highest BCUT2D eigenvalue weighted by molar-refractivity contribution is 7.89. The Hall–Kier alpha value is -0.960. The molecule has 3 unspecified atom stereocenters. The van der Waals surface area contributed by atoms with Gasteiger partial charge in [0.25, 0.3) is 0 Å². The molecule has 0 spiro atoms. The summed E-state index contributed by atoms with van der Waals surface area (Å²) in [5, 5.41) is 1.69. The second-order valence-electron chi connectivity index (χ2n) is 6.41. The first kappa shape index (κ1) is 16.9. The van der Waals surface area contributed by atoms with Gasteiger partial charge in [-0.05, 0) is 42.5 Å². The molecule has 6 nitrogen and oxygen atoms in total. The molecule has 1 aromatic heterocycles.